The van der Waals surface area contributed by atoms with Crippen molar-refractivity contribution in [1.29, 1.82) is 0 Å². The number of aromatic nitrogens is 1. The second-order valence-corrected chi connectivity index (χ2v) is 4.04. The molecule has 0 radical (unpaired) electrons. The van der Waals surface area contributed by atoms with Gasteiger partial charge in [-0.2, -0.15) is 0 Å². The Morgan fingerprint density at radius 2 is 2.33 bits per heavy atom. The third-order valence-corrected chi connectivity index (χ3v) is 2.50. The number of nitrogens with two attached hydrogens (primary N) is 1. The van der Waals surface area contributed by atoms with Crippen molar-refractivity contribution in [3.63, 3.8) is 0 Å². The summed E-state index contributed by atoms with van der Waals surface area (Å²) in [5.41, 5.74) is 5.23. The molecule has 0 bridgehead atoms. The predicted octanol–water partition coefficient (Wildman–Crippen LogP) is 1.76. The van der Waals surface area contributed by atoms with Crippen LogP contribution in [-0.4, -0.2) is 10.8 Å². The lowest BCUT2D eigenvalue weighted by Gasteiger charge is -2.16. The van der Waals surface area contributed by atoms with Crippen LogP contribution < -0.4 is 5.73 Å². The van der Waals surface area contributed by atoms with E-state index in [9.17, 15) is 0 Å². The second-order valence-electron chi connectivity index (χ2n) is 3.15. The van der Waals surface area contributed by atoms with E-state index >= 15 is 0 Å². The van der Waals surface area contributed by atoms with Crippen LogP contribution in [0.5, 0.6) is 0 Å². The van der Waals surface area contributed by atoms with Gasteiger partial charge in [0.15, 0.2) is 0 Å². The van der Waals surface area contributed by atoms with E-state index in [4.69, 9.17) is 5.73 Å². The molecular weight excluding hydrogens is 170 g/mol. The van der Waals surface area contributed by atoms with Crippen LogP contribution in [0.15, 0.2) is 16.6 Å². The summed E-state index contributed by atoms with van der Waals surface area (Å²) in [6, 6.07) is 0. The number of nitrogens with zero attached hydrogens (tertiary/aromatic N) is 2. The fourth-order valence-corrected chi connectivity index (χ4v) is 1.72. The maximum Gasteiger partial charge on any atom is 0.120 e. The molecule has 12 heavy (non-hydrogen) atoms. The summed E-state index contributed by atoms with van der Waals surface area (Å²) in [5.74, 6) is 0.593. The molecule has 0 unspecified atom stereocenters. The van der Waals surface area contributed by atoms with E-state index < -0.39 is 0 Å². The Kier molecular flexibility index (Phi) is 2.47. The van der Waals surface area contributed by atoms with Crippen LogP contribution >= 0.6 is 11.3 Å². The number of amidine groups is 1. The maximum atomic E-state index is 5.51. The quantitative estimate of drug-likeness (QED) is 0.561. The largest absolute Gasteiger partial charge is 0.388 e. The van der Waals surface area contributed by atoms with E-state index in [-0.39, 0.29) is 5.54 Å². The second kappa shape index (κ2) is 3.23. The van der Waals surface area contributed by atoms with Gasteiger partial charge < -0.3 is 5.73 Å². The van der Waals surface area contributed by atoms with Crippen molar-refractivity contribution in [2.24, 2.45) is 10.7 Å². The molecule has 0 saturated heterocycles. The summed E-state index contributed by atoms with van der Waals surface area (Å²) in [7, 11) is 0. The first kappa shape index (κ1) is 9.19. The SMILES string of the molecule is CC(N)=NC(C)(C)c1nccs1. The predicted molar refractivity (Wildman–Crippen MR) is 52.4 cm³/mol. The van der Waals surface area contributed by atoms with Gasteiger partial charge in [0.1, 0.15) is 10.5 Å². The van der Waals surface area contributed by atoms with E-state index in [1.165, 1.54) is 0 Å². The fourth-order valence-electron chi connectivity index (χ4n) is 1.01. The topological polar surface area (TPSA) is 51.3 Å². The first-order valence-corrected chi connectivity index (χ1v) is 4.62. The van der Waals surface area contributed by atoms with Gasteiger partial charge in [0.05, 0.1) is 5.84 Å². The average molecular weight is 183 g/mol. The number of aliphatic imine (C=N–C) groups is 1. The van der Waals surface area contributed by atoms with E-state index in [1.54, 1.807) is 24.5 Å². The van der Waals surface area contributed by atoms with Gasteiger partial charge in [-0.15, -0.1) is 11.3 Å². The lowest BCUT2D eigenvalue weighted by atomic mass is 10.1. The normalized spacial score (nSPS) is 13.4. The average Bonchev–Trinajstić information content (AvgIpc) is 2.32. The van der Waals surface area contributed by atoms with Crippen molar-refractivity contribution in [2.75, 3.05) is 0 Å². The minimum Gasteiger partial charge on any atom is -0.388 e. The molecule has 2 N–H and O–H groups in total. The van der Waals surface area contributed by atoms with Crippen molar-refractivity contribution < 1.29 is 0 Å². The third kappa shape index (κ3) is 2.04. The van der Waals surface area contributed by atoms with Crippen molar-refractivity contribution >= 4 is 17.2 Å². The zero-order chi connectivity index (χ0) is 9.19. The molecular formula is C8H13N3S. The molecule has 0 aromatic carbocycles. The van der Waals surface area contributed by atoms with Crippen molar-refractivity contribution in [2.45, 2.75) is 26.3 Å². The summed E-state index contributed by atoms with van der Waals surface area (Å²) in [4.78, 5) is 8.49. The van der Waals surface area contributed by atoms with Crippen LogP contribution in [-0.2, 0) is 5.54 Å². The molecule has 0 aliphatic heterocycles. The molecule has 0 aliphatic rings. The van der Waals surface area contributed by atoms with Crippen LogP contribution in [0.2, 0.25) is 0 Å². The molecule has 0 spiro atoms. The van der Waals surface area contributed by atoms with Gasteiger partial charge in [-0.3, -0.25) is 4.99 Å². The Balaban J connectivity index is 2.94. The third-order valence-electron chi connectivity index (χ3n) is 1.41. The van der Waals surface area contributed by atoms with Crippen LogP contribution in [0.4, 0.5) is 0 Å². The van der Waals surface area contributed by atoms with Crippen molar-refractivity contribution in [3.05, 3.63) is 16.6 Å². The van der Waals surface area contributed by atoms with E-state index in [0.29, 0.717) is 5.84 Å². The number of hydrogen-bond donors (Lipinski definition) is 1. The Morgan fingerprint density at radius 1 is 1.67 bits per heavy atom. The highest BCUT2D eigenvalue weighted by molar-refractivity contribution is 7.09. The highest BCUT2D eigenvalue weighted by Gasteiger charge is 2.21. The number of thiazole rings is 1. The van der Waals surface area contributed by atoms with Gasteiger partial charge >= 0.3 is 0 Å². The highest BCUT2D eigenvalue weighted by Crippen LogP contribution is 2.26. The maximum absolute atomic E-state index is 5.51. The van der Waals surface area contributed by atoms with E-state index in [1.807, 2.05) is 19.2 Å². The molecule has 0 aliphatic carbocycles. The first-order valence-electron chi connectivity index (χ1n) is 3.74. The Labute approximate surface area is 76.4 Å². The smallest absolute Gasteiger partial charge is 0.120 e. The minimum atomic E-state index is -0.285. The van der Waals surface area contributed by atoms with E-state index in [2.05, 4.69) is 9.98 Å². The van der Waals surface area contributed by atoms with Gasteiger partial charge in [-0.05, 0) is 20.8 Å². The molecule has 1 aromatic heterocycles. The van der Waals surface area contributed by atoms with Gasteiger partial charge in [0.25, 0.3) is 0 Å². The monoisotopic (exact) mass is 183 g/mol. The Bertz CT molecular complexity index is 271. The standard InChI is InChI=1S/C8H13N3S/c1-6(9)11-8(2,3)7-10-4-5-12-7/h4-5H,1-3H3,(H2,9,11). The molecule has 0 saturated carbocycles. The van der Waals surface area contributed by atoms with Crippen LogP contribution in [0, 0.1) is 0 Å². The van der Waals surface area contributed by atoms with Gasteiger partial charge in [0, 0.05) is 11.6 Å². The summed E-state index contributed by atoms with van der Waals surface area (Å²) < 4.78 is 0. The summed E-state index contributed by atoms with van der Waals surface area (Å²) >= 11 is 1.60. The molecule has 1 rings (SSSR count). The Morgan fingerprint density at radius 3 is 2.75 bits per heavy atom. The minimum absolute atomic E-state index is 0.285. The molecule has 3 nitrogen and oxygen atoms in total. The molecule has 1 heterocycles. The fraction of sp³-hybridized carbons (Fsp3) is 0.500. The summed E-state index contributed by atoms with van der Waals surface area (Å²) in [6.07, 6.45) is 1.78. The Hall–Kier alpha value is -0.900. The van der Waals surface area contributed by atoms with E-state index in [0.717, 1.165) is 5.01 Å². The molecule has 0 fully saturated rings. The molecule has 4 heteroatoms. The lowest BCUT2D eigenvalue weighted by molar-refractivity contribution is 0.553. The van der Waals surface area contributed by atoms with Gasteiger partial charge in [0.2, 0.25) is 0 Å². The van der Waals surface area contributed by atoms with Crippen LogP contribution in [0.1, 0.15) is 25.8 Å². The summed E-state index contributed by atoms with van der Waals surface area (Å²) in [6.45, 7) is 5.79. The van der Waals surface area contributed by atoms with Crippen LogP contribution in [0.3, 0.4) is 0 Å². The molecule has 0 atom stereocenters. The van der Waals surface area contributed by atoms with Gasteiger partial charge in [-0.1, -0.05) is 0 Å². The number of rotatable bonds is 2. The number of hydrogen-bond acceptors (Lipinski definition) is 3. The molecule has 1 aromatic rings. The summed E-state index contributed by atoms with van der Waals surface area (Å²) in [5, 5.41) is 2.94. The van der Waals surface area contributed by atoms with Gasteiger partial charge in [-0.25, -0.2) is 4.98 Å². The highest BCUT2D eigenvalue weighted by atomic mass is 32.1. The lowest BCUT2D eigenvalue weighted by Crippen LogP contribution is -2.19. The zero-order valence-electron chi connectivity index (χ0n) is 7.53. The molecule has 66 valence electrons. The van der Waals surface area contributed by atoms with Crippen molar-refractivity contribution in [3.8, 4) is 0 Å². The van der Waals surface area contributed by atoms with Crippen LogP contribution in [0.25, 0.3) is 0 Å². The van der Waals surface area contributed by atoms with Crippen molar-refractivity contribution in [1.82, 2.24) is 4.98 Å². The zero-order valence-corrected chi connectivity index (χ0v) is 8.35. The molecule has 0 amide bonds. The first-order chi connectivity index (χ1) is 5.52.